The zero-order valence-corrected chi connectivity index (χ0v) is 14.7. The van der Waals surface area contributed by atoms with Crippen LogP contribution < -0.4 is 10.5 Å². The second kappa shape index (κ2) is 7.90. The predicted octanol–water partition coefficient (Wildman–Crippen LogP) is 3.39. The summed E-state index contributed by atoms with van der Waals surface area (Å²) in [7, 11) is 0. The van der Waals surface area contributed by atoms with Crippen LogP contribution in [0.4, 0.5) is 4.39 Å². The van der Waals surface area contributed by atoms with Gasteiger partial charge >= 0.3 is 5.76 Å². The maximum atomic E-state index is 13.0. The van der Waals surface area contributed by atoms with Gasteiger partial charge in [0.05, 0.1) is 11.6 Å². The topological polar surface area (TPSA) is 77.5 Å². The Morgan fingerprint density at radius 3 is 2.69 bits per heavy atom. The molecule has 1 unspecified atom stereocenters. The number of hydrogen-bond donors (Lipinski definition) is 1. The molecule has 0 aliphatic heterocycles. The van der Waals surface area contributed by atoms with Gasteiger partial charge in [-0.25, -0.2) is 9.18 Å². The van der Waals surface area contributed by atoms with Gasteiger partial charge in [0.15, 0.2) is 0 Å². The molecule has 26 heavy (non-hydrogen) atoms. The van der Waals surface area contributed by atoms with Crippen molar-refractivity contribution in [2.24, 2.45) is 0 Å². The molecule has 0 bridgehead atoms. The van der Waals surface area contributed by atoms with E-state index in [0.717, 1.165) is 4.68 Å². The van der Waals surface area contributed by atoms with Crippen molar-refractivity contribution >= 4 is 23.2 Å². The molecule has 0 amide bonds. The molecule has 0 aliphatic carbocycles. The Morgan fingerprint density at radius 1 is 1.23 bits per heavy atom. The minimum absolute atomic E-state index is 0.0287. The van der Waals surface area contributed by atoms with Gasteiger partial charge < -0.3 is 14.3 Å². The van der Waals surface area contributed by atoms with Crippen LogP contribution in [-0.4, -0.2) is 27.6 Å². The Labute approximate surface area is 157 Å². The fraction of sp³-hybridized carbons (Fsp3) is 0.176. The number of aliphatic hydroxyl groups is 1. The summed E-state index contributed by atoms with van der Waals surface area (Å²) < 4.78 is 24.4. The standard InChI is InChI=1S/C17H13Cl2FN2O4/c18-11-3-6-14(19)15(7-11)25-9-13(23)8-22-17(24)26-16(21-22)10-1-4-12(20)5-2-10/h1-7,13,23H,8-9H2. The number of benzene rings is 2. The summed E-state index contributed by atoms with van der Waals surface area (Å²) in [4.78, 5) is 11.9. The monoisotopic (exact) mass is 398 g/mol. The summed E-state index contributed by atoms with van der Waals surface area (Å²) >= 11 is 11.8. The fourth-order valence-electron chi connectivity index (χ4n) is 2.16. The lowest BCUT2D eigenvalue weighted by atomic mass is 10.2. The third kappa shape index (κ3) is 4.43. The van der Waals surface area contributed by atoms with Crippen molar-refractivity contribution < 1.29 is 18.7 Å². The Kier molecular flexibility index (Phi) is 5.61. The van der Waals surface area contributed by atoms with Crippen molar-refractivity contribution in [3.63, 3.8) is 0 Å². The van der Waals surface area contributed by atoms with E-state index in [2.05, 4.69) is 5.10 Å². The van der Waals surface area contributed by atoms with E-state index in [1.165, 1.54) is 30.3 Å². The molecule has 2 aromatic carbocycles. The van der Waals surface area contributed by atoms with E-state index < -0.39 is 17.7 Å². The summed E-state index contributed by atoms with van der Waals surface area (Å²) in [5, 5.41) is 14.8. The van der Waals surface area contributed by atoms with Gasteiger partial charge in [0.25, 0.3) is 0 Å². The molecule has 1 heterocycles. The molecule has 1 aromatic heterocycles. The highest BCUT2D eigenvalue weighted by Gasteiger charge is 2.15. The van der Waals surface area contributed by atoms with Gasteiger partial charge in [-0.2, -0.15) is 4.68 Å². The third-order valence-electron chi connectivity index (χ3n) is 3.41. The van der Waals surface area contributed by atoms with E-state index in [1.54, 1.807) is 12.1 Å². The number of rotatable bonds is 6. The van der Waals surface area contributed by atoms with Crippen LogP contribution in [0.5, 0.6) is 5.75 Å². The van der Waals surface area contributed by atoms with Crippen LogP contribution in [-0.2, 0) is 6.54 Å². The van der Waals surface area contributed by atoms with Crippen molar-refractivity contribution in [3.8, 4) is 17.2 Å². The average molecular weight is 399 g/mol. The molecular formula is C17H13Cl2FN2O4. The first-order valence-corrected chi connectivity index (χ1v) is 8.28. The molecule has 0 spiro atoms. The molecule has 0 aliphatic rings. The molecule has 0 saturated heterocycles. The molecule has 1 N–H and O–H groups in total. The molecule has 1 atom stereocenters. The Morgan fingerprint density at radius 2 is 1.96 bits per heavy atom. The molecule has 9 heteroatoms. The van der Waals surface area contributed by atoms with Gasteiger partial charge in [-0.15, -0.1) is 5.10 Å². The van der Waals surface area contributed by atoms with Crippen molar-refractivity contribution in [2.75, 3.05) is 6.61 Å². The number of aliphatic hydroxyl groups excluding tert-OH is 1. The van der Waals surface area contributed by atoms with Crippen LogP contribution in [0.2, 0.25) is 10.0 Å². The molecule has 3 aromatic rings. The van der Waals surface area contributed by atoms with E-state index in [0.29, 0.717) is 21.4 Å². The Bertz CT molecular complexity index is 956. The highest BCUT2D eigenvalue weighted by atomic mass is 35.5. The molecule has 0 saturated carbocycles. The lowest BCUT2D eigenvalue weighted by molar-refractivity contribution is 0.0876. The van der Waals surface area contributed by atoms with E-state index in [4.69, 9.17) is 32.4 Å². The van der Waals surface area contributed by atoms with Gasteiger partial charge in [0.1, 0.15) is 24.3 Å². The van der Waals surface area contributed by atoms with E-state index >= 15 is 0 Å². The summed E-state index contributed by atoms with van der Waals surface area (Å²) in [6, 6.07) is 10.0. The largest absolute Gasteiger partial charge is 0.489 e. The quantitative estimate of drug-likeness (QED) is 0.688. The van der Waals surface area contributed by atoms with E-state index in [-0.39, 0.29) is 19.0 Å². The average Bonchev–Trinajstić information content (AvgIpc) is 2.97. The summed E-state index contributed by atoms with van der Waals surface area (Å²) in [5.74, 6) is -0.814. The molecule has 6 nitrogen and oxygen atoms in total. The Balaban J connectivity index is 1.66. The van der Waals surface area contributed by atoms with Gasteiger partial charge in [-0.05, 0) is 36.4 Å². The highest BCUT2D eigenvalue weighted by Crippen LogP contribution is 2.27. The number of halogens is 3. The van der Waals surface area contributed by atoms with Crippen molar-refractivity contribution in [1.82, 2.24) is 9.78 Å². The zero-order chi connectivity index (χ0) is 18.7. The predicted molar refractivity (Wildman–Crippen MR) is 94.1 cm³/mol. The van der Waals surface area contributed by atoms with Gasteiger partial charge in [-0.1, -0.05) is 23.2 Å². The smallest absolute Gasteiger partial charge is 0.437 e. The van der Waals surface area contributed by atoms with Crippen LogP contribution in [0.1, 0.15) is 0 Å². The van der Waals surface area contributed by atoms with Crippen LogP contribution in [0.15, 0.2) is 51.7 Å². The van der Waals surface area contributed by atoms with Gasteiger partial charge in [0.2, 0.25) is 5.89 Å². The first-order chi connectivity index (χ1) is 12.4. The summed E-state index contributed by atoms with van der Waals surface area (Å²) in [5.41, 5.74) is 0.443. The fourth-order valence-corrected chi connectivity index (χ4v) is 2.49. The Hall–Kier alpha value is -2.35. The third-order valence-corrected chi connectivity index (χ3v) is 3.95. The van der Waals surface area contributed by atoms with Crippen LogP contribution in [0.3, 0.4) is 0 Å². The molecule has 3 rings (SSSR count). The van der Waals surface area contributed by atoms with Crippen LogP contribution in [0, 0.1) is 5.82 Å². The molecular weight excluding hydrogens is 386 g/mol. The van der Waals surface area contributed by atoms with Crippen molar-refractivity contribution in [3.05, 3.63) is 68.9 Å². The number of ether oxygens (including phenoxy) is 1. The maximum absolute atomic E-state index is 13.0. The van der Waals surface area contributed by atoms with Gasteiger partial charge in [-0.3, -0.25) is 0 Å². The minimum Gasteiger partial charge on any atom is -0.489 e. The van der Waals surface area contributed by atoms with E-state index in [9.17, 15) is 14.3 Å². The molecule has 0 fully saturated rings. The second-order valence-electron chi connectivity index (χ2n) is 5.40. The van der Waals surface area contributed by atoms with E-state index in [1.807, 2.05) is 0 Å². The normalized spacial score (nSPS) is 12.2. The number of aromatic nitrogens is 2. The van der Waals surface area contributed by atoms with Crippen LogP contribution >= 0.6 is 23.2 Å². The minimum atomic E-state index is -1.05. The molecule has 136 valence electrons. The van der Waals surface area contributed by atoms with Crippen LogP contribution in [0.25, 0.3) is 11.5 Å². The zero-order valence-electron chi connectivity index (χ0n) is 13.2. The second-order valence-corrected chi connectivity index (χ2v) is 6.25. The lowest BCUT2D eigenvalue weighted by Crippen LogP contribution is -2.29. The summed E-state index contributed by atoms with van der Waals surface area (Å²) in [6.07, 6.45) is -1.05. The van der Waals surface area contributed by atoms with Gasteiger partial charge in [0, 0.05) is 16.7 Å². The maximum Gasteiger partial charge on any atom is 0.437 e. The molecule has 0 radical (unpaired) electrons. The van der Waals surface area contributed by atoms with Crippen molar-refractivity contribution in [1.29, 1.82) is 0 Å². The first kappa shape index (κ1) is 18.4. The summed E-state index contributed by atoms with van der Waals surface area (Å²) in [6.45, 7) is -0.285. The SMILES string of the molecule is O=c1oc(-c2ccc(F)cc2)nn1CC(O)COc1cc(Cl)ccc1Cl. The van der Waals surface area contributed by atoms with Crippen molar-refractivity contribution in [2.45, 2.75) is 12.6 Å². The first-order valence-electron chi connectivity index (χ1n) is 7.52. The number of hydrogen-bond acceptors (Lipinski definition) is 5. The lowest BCUT2D eigenvalue weighted by Gasteiger charge is -2.12. The number of nitrogens with zero attached hydrogens (tertiary/aromatic N) is 2. The highest BCUT2D eigenvalue weighted by molar-refractivity contribution is 6.34.